The summed E-state index contributed by atoms with van der Waals surface area (Å²) in [7, 11) is 2.12. The average molecular weight is 281 g/mol. The van der Waals surface area contributed by atoms with E-state index in [4.69, 9.17) is 5.73 Å². The molecule has 0 spiro atoms. The second-order valence-electron chi connectivity index (χ2n) is 5.90. The van der Waals surface area contributed by atoms with E-state index in [0.717, 1.165) is 12.8 Å². The number of hydrogen-bond donors (Lipinski definition) is 1. The van der Waals surface area contributed by atoms with Crippen molar-refractivity contribution < 1.29 is 8.78 Å². The molecule has 1 aromatic rings. The molecule has 1 aromatic carbocycles. The van der Waals surface area contributed by atoms with Crippen LogP contribution >= 0.6 is 0 Å². The third-order valence-corrected chi connectivity index (χ3v) is 4.78. The Balaban J connectivity index is 1.90. The van der Waals surface area contributed by atoms with Crippen LogP contribution in [0.3, 0.4) is 0 Å². The van der Waals surface area contributed by atoms with Crippen LogP contribution < -0.4 is 10.6 Å². The van der Waals surface area contributed by atoms with E-state index in [2.05, 4.69) is 11.9 Å². The molecule has 2 heterocycles. The van der Waals surface area contributed by atoms with Gasteiger partial charge in [0.25, 0.3) is 0 Å². The number of hydrogen-bond acceptors (Lipinski definition) is 3. The van der Waals surface area contributed by atoms with Gasteiger partial charge in [-0.2, -0.15) is 0 Å². The van der Waals surface area contributed by atoms with Crippen molar-refractivity contribution in [2.45, 2.75) is 37.9 Å². The van der Waals surface area contributed by atoms with Crippen LogP contribution in [0.5, 0.6) is 0 Å². The maximum absolute atomic E-state index is 14.2. The van der Waals surface area contributed by atoms with Gasteiger partial charge in [-0.05, 0) is 44.0 Å². The average Bonchev–Trinajstić information content (AvgIpc) is 2.65. The fraction of sp³-hybridized carbons (Fsp3) is 0.600. The maximum Gasteiger partial charge on any atom is 0.149 e. The molecule has 0 aromatic heterocycles. The molecule has 2 atom stereocenters. The number of anilines is 1. The number of rotatable bonds is 2. The molecule has 110 valence electrons. The molecule has 0 aliphatic carbocycles. The third kappa shape index (κ3) is 2.29. The number of fused-ring (bicyclic) bond motifs is 2. The van der Waals surface area contributed by atoms with Gasteiger partial charge in [-0.1, -0.05) is 0 Å². The zero-order chi connectivity index (χ0) is 14.3. The summed E-state index contributed by atoms with van der Waals surface area (Å²) in [4.78, 5) is 4.23. The Bertz CT molecular complexity index is 483. The molecular formula is C15H21F2N3. The molecule has 2 unspecified atom stereocenters. The van der Waals surface area contributed by atoms with Gasteiger partial charge < -0.3 is 10.6 Å². The minimum absolute atomic E-state index is 0.114. The molecule has 2 saturated heterocycles. The van der Waals surface area contributed by atoms with Gasteiger partial charge in [0, 0.05) is 31.7 Å². The highest BCUT2D eigenvalue weighted by Gasteiger charge is 2.35. The van der Waals surface area contributed by atoms with E-state index in [1.165, 1.54) is 18.6 Å². The molecule has 3 rings (SSSR count). The molecule has 3 nitrogen and oxygen atoms in total. The molecule has 2 bridgehead atoms. The van der Waals surface area contributed by atoms with Crippen molar-refractivity contribution in [2.75, 3.05) is 25.0 Å². The lowest BCUT2D eigenvalue weighted by molar-refractivity contribution is 0.254. The molecular weight excluding hydrogens is 260 g/mol. The molecule has 2 N–H and O–H groups in total. The monoisotopic (exact) mass is 281 g/mol. The lowest BCUT2D eigenvalue weighted by Gasteiger charge is -2.28. The molecule has 0 radical (unpaired) electrons. The van der Waals surface area contributed by atoms with Gasteiger partial charge in [0.2, 0.25) is 0 Å². The highest BCUT2D eigenvalue weighted by Crippen LogP contribution is 2.33. The van der Waals surface area contributed by atoms with Crippen LogP contribution in [0.2, 0.25) is 0 Å². The van der Waals surface area contributed by atoms with Crippen LogP contribution in [-0.2, 0) is 6.54 Å². The SMILES string of the molecule is CN1C2CCC1CN(c1c(F)cc(CN)cc1F)CC2. The first-order chi connectivity index (χ1) is 9.60. The van der Waals surface area contributed by atoms with E-state index < -0.39 is 11.6 Å². The van der Waals surface area contributed by atoms with Crippen LogP contribution in [0.4, 0.5) is 14.5 Å². The summed E-state index contributed by atoms with van der Waals surface area (Å²) >= 11 is 0. The number of halogens is 2. The molecule has 0 amide bonds. The van der Waals surface area contributed by atoms with E-state index in [1.807, 2.05) is 4.90 Å². The molecule has 2 aliphatic rings. The summed E-state index contributed by atoms with van der Waals surface area (Å²) in [6, 6.07) is 3.66. The summed E-state index contributed by atoms with van der Waals surface area (Å²) in [5.41, 5.74) is 6.07. The number of likely N-dealkylation sites (N-methyl/N-ethyl adjacent to an activating group) is 1. The van der Waals surface area contributed by atoms with Gasteiger partial charge in [-0.3, -0.25) is 4.90 Å². The van der Waals surface area contributed by atoms with Crippen molar-refractivity contribution in [2.24, 2.45) is 5.73 Å². The largest absolute Gasteiger partial charge is 0.365 e. The number of nitrogens with two attached hydrogens (primary N) is 1. The van der Waals surface area contributed by atoms with E-state index in [-0.39, 0.29) is 12.2 Å². The van der Waals surface area contributed by atoms with E-state index in [9.17, 15) is 8.78 Å². The van der Waals surface area contributed by atoms with Crippen molar-refractivity contribution in [1.29, 1.82) is 0 Å². The summed E-state index contributed by atoms with van der Waals surface area (Å²) in [5.74, 6) is -0.989. The standard InChI is InChI=1S/C15H21F2N3/c1-19-11-2-3-12(19)9-20(5-4-11)15-13(16)6-10(8-18)7-14(15)17/h6-7,11-12H,2-5,8-9,18H2,1H3. The lowest BCUT2D eigenvalue weighted by Crippen LogP contribution is -2.37. The second-order valence-corrected chi connectivity index (χ2v) is 5.90. The van der Waals surface area contributed by atoms with Gasteiger partial charge >= 0.3 is 0 Å². The predicted octanol–water partition coefficient (Wildman–Crippen LogP) is 2.10. The number of nitrogens with zero attached hydrogens (tertiary/aromatic N) is 2. The van der Waals surface area contributed by atoms with Crippen LogP contribution in [0.25, 0.3) is 0 Å². The normalized spacial score (nSPS) is 26.9. The summed E-state index contributed by atoms with van der Waals surface area (Å²) in [5, 5.41) is 0. The van der Waals surface area contributed by atoms with Crippen LogP contribution in [-0.4, -0.2) is 37.1 Å². The van der Waals surface area contributed by atoms with Crippen molar-refractivity contribution in [3.05, 3.63) is 29.3 Å². The van der Waals surface area contributed by atoms with Gasteiger partial charge in [-0.25, -0.2) is 8.78 Å². The number of benzene rings is 1. The Labute approximate surface area is 118 Å². The Kier molecular flexibility index (Phi) is 3.65. The Hall–Kier alpha value is -1.20. The van der Waals surface area contributed by atoms with Crippen LogP contribution in [0.15, 0.2) is 12.1 Å². The smallest absolute Gasteiger partial charge is 0.149 e. The van der Waals surface area contributed by atoms with Crippen molar-refractivity contribution >= 4 is 5.69 Å². The predicted molar refractivity (Wildman–Crippen MR) is 75.7 cm³/mol. The fourth-order valence-corrected chi connectivity index (χ4v) is 3.55. The summed E-state index contributed by atoms with van der Waals surface area (Å²) < 4.78 is 28.4. The zero-order valence-corrected chi connectivity index (χ0v) is 11.8. The quantitative estimate of drug-likeness (QED) is 0.901. The molecule has 2 aliphatic heterocycles. The first-order valence-electron chi connectivity index (χ1n) is 7.25. The molecule has 5 heteroatoms. The first-order valence-corrected chi connectivity index (χ1v) is 7.25. The van der Waals surface area contributed by atoms with E-state index in [1.54, 1.807) is 0 Å². The van der Waals surface area contributed by atoms with Crippen molar-refractivity contribution in [3.8, 4) is 0 Å². The van der Waals surface area contributed by atoms with Crippen molar-refractivity contribution in [1.82, 2.24) is 4.90 Å². The highest BCUT2D eigenvalue weighted by atomic mass is 19.1. The molecule has 2 fully saturated rings. The Morgan fingerprint density at radius 3 is 2.45 bits per heavy atom. The fourth-order valence-electron chi connectivity index (χ4n) is 3.55. The summed E-state index contributed by atoms with van der Waals surface area (Å²) in [6.45, 7) is 1.56. The highest BCUT2D eigenvalue weighted by molar-refractivity contribution is 5.51. The van der Waals surface area contributed by atoms with Crippen LogP contribution in [0.1, 0.15) is 24.8 Å². The first kappa shape index (κ1) is 13.8. The van der Waals surface area contributed by atoms with Gasteiger partial charge in [0.15, 0.2) is 0 Å². The third-order valence-electron chi connectivity index (χ3n) is 4.78. The zero-order valence-electron chi connectivity index (χ0n) is 11.8. The minimum Gasteiger partial charge on any atom is -0.365 e. The van der Waals surface area contributed by atoms with Crippen LogP contribution in [0, 0.1) is 11.6 Å². The summed E-state index contributed by atoms with van der Waals surface area (Å²) in [6.07, 6.45) is 3.28. The lowest BCUT2D eigenvalue weighted by atomic mass is 10.1. The second kappa shape index (κ2) is 5.30. The molecule has 20 heavy (non-hydrogen) atoms. The maximum atomic E-state index is 14.2. The van der Waals surface area contributed by atoms with E-state index in [0.29, 0.717) is 30.7 Å². The van der Waals surface area contributed by atoms with Gasteiger partial charge in [0.1, 0.15) is 17.3 Å². The topological polar surface area (TPSA) is 32.5 Å². The van der Waals surface area contributed by atoms with Gasteiger partial charge in [-0.15, -0.1) is 0 Å². The Morgan fingerprint density at radius 2 is 1.80 bits per heavy atom. The minimum atomic E-state index is -0.495. The Morgan fingerprint density at radius 1 is 1.15 bits per heavy atom. The van der Waals surface area contributed by atoms with Gasteiger partial charge in [0.05, 0.1) is 0 Å². The van der Waals surface area contributed by atoms with E-state index >= 15 is 0 Å². The molecule has 0 saturated carbocycles. The van der Waals surface area contributed by atoms with Crippen molar-refractivity contribution in [3.63, 3.8) is 0 Å².